The number of carbonyl (C=O) groups excluding carboxylic acids is 1. The van der Waals surface area contributed by atoms with Gasteiger partial charge in [0.1, 0.15) is 0 Å². The first-order valence-corrected chi connectivity index (χ1v) is 6.76. The van der Waals surface area contributed by atoms with Crippen LogP contribution in [0.1, 0.15) is 31.7 Å². The van der Waals surface area contributed by atoms with Crippen LogP contribution in [0, 0.1) is 0 Å². The number of methoxy groups -OCH3 is 1. The van der Waals surface area contributed by atoms with Gasteiger partial charge in [0.2, 0.25) is 5.91 Å². The summed E-state index contributed by atoms with van der Waals surface area (Å²) in [5, 5.41) is 6.44. The molecule has 0 saturated carbocycles. The quantitative estimate of drug-likeness (QED) is 0.874. The Balaban J connectivity index is 2.13. The lowest BCUT2D eigenvalue weighted by Crippen LogP contribution is -2.41. The van der Waals surface area contributed by atoms with Gasteiger partial charge >= 0.3 is 0 Å². The highest BCUT2D eigenvalue weighted by Crippen LogP contribution is 2.34. The second-order valence-electron chi connectivity index (χ2n) is 5.29. The Morgan fingerprint density at radius 2 is 2.26 bits per heavy atom. The van der Waals surface area contributed by atoms with Crippen LogP contribution in [0.5, 0.6) is 0 Å². The number of anilines is 1. The Kier molecular flexibility index (Phi) is 4.43. The van der Waals surface area contributed by atoms with Gasteiger partial charge in [-0.1, -0.05) is 18.2 Å². The lowest BCUT2D eigenvalue weighted by atomic mass is 9.86. The minimum atomic E-state index is -0.0771. The molecule has 0 radical (unpaired) electrons. The molecule has 1 amide bonds. The van der Waals surface area contributed by atoms with Crippen molar-refractivity contribution in [3.63, 3.8) is 0 Å². The van der Waals surface area contributed by atoms with Crippen molar-refractivity contribution in [2.24, 2.45) is 0 Å². The van der Waals surface area contributed by atoms with Gasteiger partial charge in [0, 0.05) is 24.9 Å². The first-order valence-electron chi connectivity index (χ1n) is 6.76. The van der Waals surface area contributed by atoms with E-state index in [2.05, 4.69) is 17.6 Å². The molecular weight excluding hydrogens is 240 g/mol. The summed E-state index contributed by atoms with van der Waals surface area (Å²) in [5.74, 6) is 0.0112. The fourth-order valence-corrected chi connectivity index (χ4v) is 2.62. The second-order valence-corrected chi connectivity index (χ2v) is 5.29. The maximum atomic E-state index is 12.4. The molecule has 0 fully saturated rings. The zero-order valence-electron chi connectivity index (χ0n) is 11.8. The van der Waals surface area contributed by atoms with E-state index in [1.54, 1.807) is 7.11 Å². The van der Waals surface area contributed by atoms with Crippen molar-refractivity contribution in [1.82, 2.24) is 5.32 Å². The number of hydrogen-bond acceptors (Lipinski definition) is 3. The molecule has 2 N–H and O–H groups in total. The van der Waals surface area contributed by atoms with Crippen LogP contribution in [-0.2, 0) is 9.53 Å². The molecule has 0 aromatic heterocycles. The Morgan fingerprint density at radius 3 is 3.00 bits per heavy atom. The van der Waals surface area contributed by atoms with Gasteiger partial charge in [0.05, 0.1) is 12.5 Å². The van der Waals surface area contributed by atoms with E-state index >= 15 is 0 Å². The lowest BCUT2D eigenvalue weighted by Gasteiger charge is -2.31. The molecule has 1 aromatic rings. The van der Waals surface area contributed by atoms with Crippen molar-refractivity contribution in [3.05, 3.63) is 29.8 Å². The number of amides is 1. The molecule has 104 valence electrons. The lowest BCUT2D eigenvalue weighted by molar-refractivity contribution is -0.123. The number of fused-ring (bicyclic) bond motifs is 1. The number of carbonyl (C=O) groups is 1. The van der Waals surface area contributed by atoms with E-state index in [0.717, 1.165) is 17.7 Å². The molecule has 3 atom stereocenters. The summed E-state index contributed by atoms with van der Waals surface area (Å²) in [5.41, 5.74) is 2.16. The summed E-state index contributed by atoms with van der Waals surface area (Å²) in [6.07, 6.45) is 0.822. The monoisotopic (exact) mass is 262 g/mol. The van der Waals surface area contributed by atoms with Crippen LogP contribution in [0.15, 0.2) is 24.3 Å². The van der Waals surface area contributed by atoms with Crippen molar-refractivity contribution < 1.29 is 9.53 Å². The number of benzene rings is 1. The molecule has 0 saturated heterocycles. The van der Waals surface area contributed by atoms with E-state index in [9.17, 15) is 4.79 Å². The van der Waals surface area contributed by atoms with Crippen molar-refractivity contribution in [2.45, 2.75) is 38.3 Å². The average molecular weight is 262 g/mol. The van der Waals surface area contributed by atoms with Gasteiger partial charge in [-0.05, 0) is 31.9 Å². The molecule has 19 heavy (non-hydrogen) atoms. The standard InChI is InChI=1S/C15H22N2O2/c1-10-8-13(15(18)17-11(2)9-19-3)12-6-4-5-7-14(12)16-10/h4-7,10-11,13,16H,8-9H2,1-3H3,(H,17,18). The van der Waals surface area contributed by atoms with Gasteiger partial charge in [-0.25, -0.2) is 0 Å². The number of nitrogens with one attached hydrogen (secondary N) is 2. The topological polar surface area (TPSA) is 50.4 Å². The Bertz CT molecular complexity index is 448. The van der Waals surface area contributed by atoms with Gasteiger partial charge in [0.25, 0.3) is 0 Å². The molecule has 1 aromatic carbocycles. The highest BCUT2D eigenvalue weighted by atomic mass is 16.5. The minimum absolute atomic E-state index is 0.0369. The van der Waals surface area contributed by atoms with E-state index in [1.165, 1.54) is 0 Å². The first kappa shape index (κ1) is 13.9. The third-order valence-corrected chi connectivity index (χ3v) is 3.45. The van der Waals surface area contributed by atoms with E-state index in [4.69, 9.17) is 4.74 Å². The number of para-hydroxylation sites is 1. The maximum absolute atomic E-state index is 12.4. The highest BCUT2D eigenvalue weighted by molar-refractivity contribution is 5.86. The summed E-state index contributed by atoms with van der Waals surface area (Å²) in [6.45, 7) is 4.60. The molecule has 4 nitrogen and oxygen atoms in total. The third-order valence-electron chi connectivity index (χ3n) is 3.45. The molecule has 0 spiro atoms. The second kappa shape index (κ2) is 6.06. The maximum Gasteiger partial charge on any atom is 0.227 e. The van der Waals surface area contributed by atoms with Crippen LogP contribution < -0.4 is 10.6 Å². The molecule has 0 bridgehead atoms. The van der Waals surface area contributed by atoms with Crippen LogP contribution in [0.4, 0.5) is 5.69 Å². The fraction of sp³-hybridized carbons (Fsp3) is 0.533. The molecule has 0 aliphatic carbocycles. The summed E-state index contributed by atoms with van der Waals surface area (Å²) in [4.78, 5) is 12.4. The third kappa shape index (κ3) is 3.26. The van der Waals surface area contributed by atoms with E-state index in [-0.39, 0.29) is 17.9 Å². The normalized spacial score (nSPS) is 23.1. The van der Waals surface area contributed by atoms with Gasteiger partial charge in [0.15, 0.2) is 0 Å². The largest absolute Gasteiger partial charge is 0.383 e. The minimum Gasteiger partial charge on any atom is -0.383 e. The van der Waals surface area contributed by atoms with Crippen molar-refractivity contribution in [3.8, 4) is 0 Å². The van der Waals surface area contributed by atoms with Crippen molar-refractivity contribution in [2.75, 3.05) is 19.0 Å². The highest BCUT2D eigenvalue weighted by Gasteiger charge is 2.29. The van der Waals surface area contributed by atoms with Crippen LogP contribution in [0.2, 0.25) is 0 Å². The number of ether oxygens (including phenoxy) is 1. The molecule has 2 rings (SSSR count). The van der Waals surface area contributed by atoms with E-state index in [0.29, 0.717) is 12.6 Å². The van der Waals surface area contributed by atoms with Gasteiger partial charge in [-0.15, -0.1) is 0 Å². The van der Waals surface area contributed by atoms with Crippen LogP contribution in [0.3, 0.4) is 0 Å². The Labute approximate surface area is 114 Å². The Hall–Kier alpha value is -1.55. The number of hydrogen-bond donors (Lipinski definition) is 2. The van der Waals surface area contributed by atoms with Crippen LogP contribution >= 0.6 is 0 Å². The van der Waals surface area contributed by atoms with Gasteiger partial charge in [-0.2, -0.15) is 0 Å². The molecule has 4 heteroatoms. The predicted molar refractivity (Wildman–Crippen MR) is 76.4 cm³/mol. The summed E-state index contributed by atoms with van der Waals surface area (Å²) in [6, 6.07) is 8.38. The number of rotatable bonds is 4. The molecule has 1 aliphatic rings. The summed E-state index contributed by atoms with van der Waals surface area (Å²) < 4.78 is 5.06. The average Bonchev–Trinajstić information content (AvgIpc) is 2.37. The van der Waals surface area contributed by atoms with Crippen molar-refractivity contribution >= 4 is 11.6 Å². The Morgan fingerprint density at radius 1 is 1.53 bits per heavy atom. The van der Waals surface area contributed by atoms with Crippen molar-refractivity contribution in [1.29, 1.82) is 0 Å². The van der Waals surface area contributed by atoms with Gasteiger partial charge < -0.3 is 15.4 Å². The van der Waals surface area contributed by atoms with E-state index in [1.807, 2.05) is 31.2 Å². The van der Waals surface area contributed by atoms with E-state index < -0.39 is 0 Å². The summed E-state index contributed by atoms with van der Waals surface area (Å²) >= 11 is 0. The smallest absolute Gasteiger partial charge is 0.227 e. The summed E-state index contributed by atoms with van der Waals surface area (Å²) in [7, 11) is 1.64. The van der Waals surface area contributed by atoms with Crippen LogP contribution in [-0.4, -0.2) is 31.7 Å². The molecule has 3 unspecified atom stereocenters. The first-order chi connectivity index (χ1) is 9.11. The molecule has 1 heterocycles. The zero-order chi connectivity index (χ0) is 13.8. The zero-order valence-corrected chi connectivity index (χ0v) is 11.8. The molecular formula is C15H22N2O2. The predicted octanol–water partition coefficient (Wildman–Crippen LogP) is 2.13. The van der Waals surface area contributed by atoms with Crippen LogP contribution in [0.25, 0.3) is 0 Å². The fourth-order valence-electron chi connectivity index (χ4n) is 2.62. The SMILES string of the molecule is COCC(C)NC(=O)C1CC(C)Nc2ccccc21. The molecule has 1 aliphatic heterocycles. The van der Waals surface area contributed by atoms with Gasteiger partial charge in [-0.3, -0.25) is 4.79 Å².